The number of ether oxygens (including phenoxy) is 1. The van der Waals surface area contributed by atoms with E-state index >= 15 is 0 Å². The third-order valence-electron chi connectivity index (χ3n) is 3.87. The van der Waals surface area contributed by atoms with E-state index in [1.165, 1.54) is 24.3 Å². The molecular formula is C15H21NO6S2. The third-order valence-corrected chi connectivity index (χ3v) is 8.04. The van der Waals surface area contributed by atoms with Crippen molar-refractivity contribution >= 4 is 25.6 Å². The van der Waals surface area contributed by atoms with Crippen LogP contribution in [-0.2, 0) is 24.4 Å². The lowest BCUT2D eigenvalue weighted by Gasteiger charge is -2.11. The lowest BCUT2D eigenvalue weighted by atomic mass is 10.2. The molecule has 9 heteroatoms. The van der Waals surface area contributed by atoms with Gasteiger partial charge in [0.25, 0.3) is 5.91 Å². The summed E-state index contributed by atoms with van der Waals surface area (Å²) in [6, 6.07) is 5.70. The highest BCUT2D eigenvalue weighted by molar-refractivity contribution is 7.96. The normalized spacial score (nSPS) is 20.0. The number of methoxy groups -OCH3 is 1. The number of hydrogen-bond donors (Lipinski definition) is 1. The summed E-state index contributed by atoms with van der Waals surface area (Å²) in [7, 11) is -5.51. The summed E-state index contributed by atoms with van der Waals surface area (Å²) < 4.78 is 53.1. The van der Waals surface area contributed by atoms with E-state index in [1.807, 2.05) is 0 Å². The predicted octanol–water partition coefficient (Wildman–Crippen LogP) is 0.414. The minimum Gasteiger partial charge on any atom is -0.385 e. The van der Waals surface area contributed by atoms with Crippen LogP contribution >= 0.6 is 0 Å². The van der Waals surface area contributed by atoms with Gasteiger partial charge in [0.15, 0.2) is 19.7 Å². The maximum absolute atomic E-state index is 12.6. The van der Waals surface area contributed by atoms with E-state index in [1.54, 1.807) is 7.11 Å². The van der Waals surface area contributed by atoms with Gasteiger partial charge in [-0.15, -0.1) is 0 Å². The van der Waals surface area contributed by atoms with Crippen molar-refractivity contribution in [1.82, 2.24) is 5.32 Å². The summed E-state index contributed by atoms with van der Waals surface area (Å²) in [5.74, 6) is -0.846. The molecule has 0 aromatic heterocycles. The Morgan fingerprint density at radius 2 is 2.12 bits per heavy atom. The fraction of sp³-hybridized carbons (Fsp3) is 0.533. The molecule has 0 bridgehead atoms. The van der Waals surface area contributed by atoms with Gasteiger partial charge in [-0.2, -0.15) is 0 Å². The Labute approximate surface area is 142 Å². The summed E-state index contributed by atoms with van der Waals surface area (Å²) in [6.07, 6.45) is 0.748. The Morgan fingerprint density at radius 3 is 2.75 bits per heavy atom. The highest BCUT2D eigenvalue weighted by Gasteiger charge is 2.38. The molecule has 0 saturated carbocycles. The number of rotatable bonds is 7. The Bertz CT molecular complexity index is 801. The third kappa shape index (κ3) is 4.55. The Morgan fingerprint density at radius 1 is 1.38 bits per heavy atom. The number of carbonyl (C=O) groups is 1. The van der Waals surface area contributed by atoms with E-state index in [9.17, 15) is 21.6 Å². The van der Waals surface area contributed by atoms with Gasteiger partial charge in [-0.3, -0.25) is 4.79 Å². The van der Waals surface area contributed by atoms with E-state index in [0.29, 0.717) is 19.6 Å². The Kier molecular flexibility index (Phi) is 6.00. The molecular weight excluding hydrogens is 354 g/mol. The van der Waals surface area contributed by atoms with E-state index in [2.05, 4.69) is 5.32 Å². The Balaban J connectivity index is 2.13. The van der Waals surface area contributed by atoms with Crippen LogP contribution in [-0.4, -0.2) is 59.8 Å². The van der Waals surface area contributed by atoms with Crippen LogP contribution in [0.1, 0.15) is 23.2 Å². The first-order chi connectivity index (χ1) is 11.3. The van der Waals surface area contributed by atoms with Gasteiger partial charge < -0.3 is 10.1 Å². The molecule has 1 saturated heterocycles. The van der Waals surface area contributed by atoms with Gasteiger partial charge >= 0.3 is 0 Å². The minimum absolute atomic E-state index is 0.0193. The molecule has 1 amide bonds. The molecule has 0 radical (unpaired) electrons. The van der Waals surface area contributed by atoms with Crippen LogP contribution in [0.3, 0.4) is 0 Å². The number of sulfone groups is 2. The van der Waals surface area contributed by atoms with Crippen LogP contribution in [0.25, 0.3) is 0 Å². The van der Waals surface area contributed by atoms with Gasteiger partial charge in [0.2, 0.25) is 0 Å². The fourth-order valence-electron chi connectivity index (χ4n) is 2.53. The monoisotopic (exact) mass is 375 g/mol. The van der Waals surface area contributed by atoms with Gasteiger partial charge in [-0.05, 0) is 31.0 Å². The molecule has 1 atom stereocenters. The first-order valence-corrected chi connectivity index (χ1v) is 10.9. The topological polar surface area (TPSA) is 107 Å². The highest BCUT2D eigenvalue weighted by atomic mass is 32.2. The van der Waals surface area contributed by atoms with Crippen LogP contribution in [0, 0.1) is 0 Å². The standard InChI is InChI=1S/C15H21NO6S2/c1-22-8-3-7-16-15(17)12-4-2-5-13(10-12)24(20,21)14-6-9-23(18,19)11-14/h2,4-5,10,14H,3,6-9,11H2,1H3,(H,16,17)/t14-/m1/s1. The summed E-state index contributed by atoms with van der Waals surface area (Å²) >= 11 is 0. The molecule has 1 N–H and O–H groups in total. The largest absolute Gasteiger partial charge is 0.385 e. The van der Waals surface area contributed by atoms with Crippen LogP contribution in [0.4, 0.5) is 0 Å². The first-order valence-electron chi connectivity index (χ1n) is 7.58. The van der Waals surface area contributed by atoms with Crippen molar-refractivity contribution in [1.29, 1.82) is 0 Å². The molecule has 134 valence electrons. The SMILES string of the molecule is COCCCNC(=O)c1cccc(S(=O)(=O)[C@@H]2CCS(=O)(=O)C2)c1. The highest BCUT2D eigenvalue weighted by Crippen LogP contribution is 2.25. The second-order valence-corrected chi connectivity index (χ2v) is 10.2. The van der Waals surface area contributed by atoms with Crippen LogP contribution in [0.5, 0.6) is 0 Å². The van der Waals surface area contributed by atoms with Gasteiger partial charge in [0, 0.05) is 25.8 Å². The molecule has 0 aliphatic carbocycles. The van der Waals surface area contributed by atoms with E-state index in [-0.39, 0.29) is 34.3 Å². The van der Waals surface area contributed by atoms with Crippen molar-refractivity contribution in [3.63, 3.8) is 0 Å². The summed E-state index contributed by atoms with van der Waals surface area (Å²) in [6.45, 7) is 0.940. The van der Waals surface area contributed by atoms with Crippen molar-refractivity contribution in [3.05, 3.63) is 29.8 Å². The van der Waals surface area contributed by atoms with Gasteiger partial charge in [0.1, 0.15) is 0 Å². The molecule has 2 rings (SSSR count). The quantitative estimate of drug-likeness (QED) is 0.692. The van der Waals surface area contributed by atoms with E-state index in [4.69, 9.17) is 4.74 Å². The average molecular weight is 375 g/mol. The van der Waals surface area contributed by atoms with Crippen molar-refractivity contribution in [2.75, 3.05) is 31.8 Å². The van der Waals surface area contributed by atoms with Crippen LogP contribution in [0.15, 0.2) is 29.2 Å². The molecule has 1 aliphatic rings. The molecule has 1 fully saturated rings. The minimum atomic E-state index is -3.77. The zero-order valence-corrected chi connectivity index (χ0v) is 15.0. The van der Waals surface area contributed by atoms with Crippen molar-refractivity contribution in [2.24, 2.45) is 0 Å². The number of hydrogen-bond acceptors (Lipinski definition) is 6. The van der Waals surface area contributed by atoms with E-state index < -0.39 is 24.9 Å². The molecule has 24 heavy (non-hydrogen) atoms. The van der Waals surface area contributed by atoms with E-state index in [0.717, 1.165) is 0 Å². The lowest BCUT2D eigenvalue weighted by Crippen LogP contribution is -2.26. The second kappa shape index (κ2) is 7.62. The number of carbonyl (C=O) groups excluding carboxylic acids is 1. The maximum Gasteiger partial charge on any atom is 0.251 e. The fourth-order valence-corrected chi connectivity index (χ4v) is 6.94. The average Bonchev–Trinajstić information content (AvgIpc) is 2.92. The Hall–Kier alpha value is -1.45. The van der Waals surface area contributed by atoms with Crippen LogP contribution in [0.2, 0.25) is 0 Å². The molecule has 1 aliphatic heterocycles. The second-order valence-electron chi connectivity index (χ2n) is 5.70. The van der Waals surface area contributed by atoms with Crippen molar-refractivity contribution in [3.8, 4) is 0 Å². The molecule has 1 aromatic rings. The van der Waals surface area contributed by atoms with Gasteiger partial charge in [-0.25, -0.2) is 16.8 Å². The molecule has 1 heterocycles. The molecule has 1 aromatic carbocycles. The van der Waals surface area contributed by atoms with Gasteiger partial charge in [-0.1, -0.05) is 6.07 Å². The maximum atomic E-state index is 12.6. The molecule has 7 nitrogen and oxygen atoms in total. The van der Waals surface area contributed by atoms with Crippen molar-refractivity contribution in [2.45, 2.75) is 23.0 Å². The van der Waals surface area contributed by atoms with Crippen molar-refractivity contribution < 1.29 is 26.4 Å². The number of nitrogens with one attached hydrogen (secondary N) is 1. The summed E-state index contributed by atoms with van der Waals surface area (Å²) in [4.78, 5) is 12.0. The smallest absolute Gasteiger partial charge is 0.251 e. The van der Waals surface area contributed by atoms with Crippen LogP contribution < -0.4 is 5.32 Å². The summed E-state index contributed by atoms with van der Waals surface area (Å²) in [5, 5.41) is 1.74. The van der Waals surface area contributed by atoms with Gasteiger partial charge in [0.05, 0.1) is 21.7 Å². The summed E-state index contributed by atoms with van der Waals surface area (Å²) in [5.41, 5.74) is 0.231. The zero-order valence-electron chi connectivity index (χ0n) is 13.4. The number of amides is 1. The first kappa shape index (κ1) is 18.9. The zero-order chi connectivity index (χ0) is 17.8. The molecule has 0 unspecified atom stereocenters. The number of benzene rings is 1. The molecule has 0 spiro atoms. The predicted molar refractivity (Wildman–Crippen MR) is 89.5 cm³/mol. The lowest BCUT2D eigenvalue weighted by molar-refractivity contribution is 0.0948.